The summed E-state index contributed by atoms with van der Waals surface area (Å²) in [5.41, 5.74) is 2.17. The van der Waals surface area contributed by atoms with E-state index < -0.39 is 0 Å². The second-order valence-electron chi connectivity index (χ2n) is 2.33. The van der Waals surface area contributed by atoms with Crippen LogP contribution in [0.3, 0.4) is 0 Å². The number of aryl methyl sites for hydroxylation is 1. The molecule has 1 aromatic rings. The van der Waals surface area contributed by atoms with Gasteiger partial charge in [0, 0.05) is 12.4 Å². The van der Waals surface area contributed by atoms with Crippen molar-refractivity contribution in [2.45, 2.75) is 40.5 Å². The molecule has 0 fully saturated rings. The van der Waals surface area contributed by atoms with Gasteiger partial charge in [-0.15, -0.1) is 0 Å². The van der Waals surface area contributed by atoms with E-state index in [2.05, 4.69) is 16.0 Å². The number of hydrogen-bond donors (Lipinski definition) is 0. The quantitative estimate of drug-likeness (QED) is 0.629. The standard InChI is InChI=1S/C8H8N2.2C2H6/c1-2-4-8-7(3-1)9-5-6-10-8;2*1-2/h1,3,5-6H,2,4H2;2*1-2H3. The summed E-state index contributed by atoms with van der Waals surface area (Å²) in [5.74, 6) is 0. The van der Waals surface area contributed by atoms with Gasteiger partial charge >= 0.3 is 0 Å². The largest absolute Gasteiger partial charge is 0.257 e. The SMILES string of the molecule is C1=Cc2nccnc2CC1.CC.CC. The topological polar surface area (TPSA) is 25.8 Å². The van der Waals surface area contributed by atoms with Gasteiger partial charge in [-0.3, -0.25) is 9.97 Å². The third-order valence-electron chi connectivity index (χ3n) is 1.63. The third kappa shape index (κ3) is 3.69. The first kappa shape index (κ1) is 12.8. The maximum absolute atomic E-state index is 4.21. The Morgan fingerprint density at radius 1 is 1.00 bits per heavy atom. The summed E-state index contributed by atoms with van der Waals surface area (Å²) >= 11 is 0. The Morgan fingerprint density at radius 3 is 2.29 bits per heavy atom. The molecule has 0 aliphatic heterocycles. The summed E-state index contributed by atoms with van der Waals surface area (Å²) in [6.07, 6.45) is 9.79. The molecular weight excluding hydrogens is 172 g/mol. The molecule has 1 heterocycles. The summed E-state index contributed by atoms with van der Waals surface area (Å²) in [4.78, 5) is 8.38. The predicted molar refractivity (Wildman–Crippen MR) is 62.1 cm³/mol. The highest BCUT2D eigenvalue weighted by Crippen LogP contribution is 2.12. The average molecular weight is 192 g/mol. The van der Waals surface area contributed by atoms with E-state index in [9.17, 15) is 0 Å². The molecule has 0 radical (unpaired) electrons. The van der Waals surface area contributed by atoms with Crippen LogP contribution in [-0.2, 0) is 6.42 Å². The normalized spacial score (nSPS) is 11.4. The highest BCUT2D eigenvalue weighted by molar-refractivity contribution is 5.49. The van der Waals surface area contributed by atoms with Crippen LogP contribution in [0.2, 0.25) is 0 Å². The molecule has 1 aliphatic rings. The summed E-state index contributed by atoms with van der Waals surface area (Å²) in [6, 6.07) is 0. The highest BCUT2D eigenvalue weighted by Gasteiger charge is 2.03. The molecule has 0 saturated heterocycles. The van der Waals surface area contributed by atoms with Crippen molar-refractivity contribution in [3.63, 3.8) is 0 Å². The molecule has 0 spiro atoms. The molecule has 14 heavy (non-hydrogen) atoms. The second-order valence-corrected chi connectivity index (χ2v) is 2.33. The fourth-order valence-electron chi connectivity index (χ4n) is 1.12. The van der Waals surface area contributed by atoms with Crippen LogP contribution in [0.15, 0.2) is 18.5 Å². The van der Waals surface area contributed by atoms with E-state index in [1.807, 2.05) is 33.8 Å². The lowest BCUT2D eigenvalue weighted by Gasteiger charge is -2.05. The van der Waals surface area contributed by atoms with Gasteiger partial charge in [0.15, 0.2) is 0 Å². The van der Waals surface area contributed by atoms with Crippen LogP contribution in [-0.4, -0.2) is 9.97 Å². The van der Waals surface area contributed by atoms with E-state index in [0.717, 1.165) is 24.2 Å². The number of rotatable bonds is 0. The summed E-state index contributed by atoms with van der Waals surface area (Å²) in [7, 11) is 0. The van der Waals surface area contributed by atoms with Gasteiger partial charge in [-0.1, -0.05) is 33.8 Å². The maximum Gasteiger partial charge on any atom is 0.0841 e. The van der Waals surface area contributed by atoms with Crippen LogP contribution in [0.25, 0.3) is 6.08 Å². The Hall–Kier alpha value is -1.18. The summed E-state index contributed by atoms with van der Waals surface area (Å²) in [6.45, 7) is 8.00. The molecule has 0 saturated carbocycles. The van der Waals surface area contributed by atoms with Gasteiger partial charge in [-0.2, -0.15) is 0 Å². The van der Waals surface area contributed by atoms with Crippen molar-refractivity contribution in [3.05, 3.63) is 29.9 Å². The molecule has 1 aromatic heterocycles. The first-order chi connectivity index (χ1) is 6.97. The van der Waals surface area contributed by atoms with E-state index in [4.69, 9.17) is 0 Å². The molecule has 1 aliphatic carbocycles. The van der Waals surface area contributed by atoms with Gasteiger partial charge in [0.2, 0.25) is 0 Å². The molecule has 2 nitrogen and oxygen atoms in total. The zero-order valence-electron chi connectivity index (χ0n) is 9.62. The Balaban J connectivity index is 0.000000379. The minimum Gasteiger partial charge on any atom is -0.257 e. The number of nitrogens with zero attached hydrogens (tertiary/aromatic N) is 2. The average Bonchev–Trinajstić information content (AvgIpc) is 2.34. The highest BCUT2D eigenvalue weighted by atomic mass is 14.8. The van der Waals surface area contributed by atoms with Gasteiger partial charge < -0.3 is 0 Å². The Kier molecular flexibility index (Phi) is 7.71. The van der Waals surface area contributed by atoms with Gasteiger partial charge in [-0.05, 0) is 18.9 Å². The smallest absolute Gasteiger partial charge is 0.0841 e. The van der Waals surface area contributed by atoms with Crippen LogP contribution < -0.4 is 0 Å². The van der Waals surface area contributed by atoms with E-state index in [-0.39, 0.29) is 0 Å². The Labute approximate surface area is 87.1 Å². The Morgan fingerprint density at radius 2 is 1.64 bits per heavy atom. The minimum absolute atomic E-state index is 1.04. The monoisotopic (exact) mass is 192 g/mol. The van der Waals surface area contributed by atoms with Gasteiger partial charge in [-0.25, -0.2) is 0 Å². The van der Waals surface area contributed by atoms with Gasteiger partial charge in [0.1, 0.15) is 0 Å². The van der Waals surface area contributed by atoms with Crippen LogP contribution in [0, 0.1) is 0 Å². The van der Waals surface area contributed by atoms with Crippen molar-refractivity contribution in [1.82, 2.24) is 9.97 Å². The van der Waals surface area contributed by atoms with Crippen LogP contribution in [0.1, 0.15) is 45.5 Å². The Bertz CT molecular complexity index is 267. The van der Waals surface area contributed by atoms with Crippen molar-refractivity contribution < 1.29 is 0 Å². The van der Waals surface area contributed by atoms with Gasteiger partial charge in [0.05, 0.1) is 11.4 Å². The van der Waals surface area contributed by atoms with Crippen LogP contribution in [0.5, 0.6) is 0 Å². The number of allylic oxidation sites excluding steroid dienone is 1. The first-order valence-electron chi connectivity index (χ1n) is 5.43. The van der Waals surface area contributed by atoms with Crippen molar-refractivity contribution in [2.24, 2.45) is 0 Å². The molecule has 78 valence electrons. The maximum atomic E-state index is 4.21. The molecule has 0 N–H and O–H groups in total. The molecule has 2 rings (SSSR count). The molecule has 0 bridgehead atoms. The number of aromatic nitrogens is 2. The fourth-order valence-corrected chi connectivity index (χ4v) is 1.12. The number of fused-ring (bicyclic) bond motifs is 1. The van der Waals surface area contributed by atoms with E-state index in [1.165, 1.54) is 0 Å². The second kappa shape index (κ2) is 8.42. The number of hydrogen-bond acceptors (Lipinski definition) is 2. The zero-order valence-corrected chi connectivity index (χ0v) is 9.62. The van der Waals surface area contributed by atoms with Crippen molar-refractivity contribution >= 4 is 6.08 Å². The zero-order chi connectivity index (χ0) is 10.8. The van der Waals surface area contributed by atoms with E-state index >= 15 is 0 Å². The lowest BCUT2D eigenvalue weighted by Crippen LogP contribution is -1.98. The molecule has 0 amide bonds. The fraction of sp³-hybridized carbons (Fsp3) is 0.500. The summed E-state index contributed by atoms with van der Waals surface area (Å²) < 4.78 is 0. The molecule has 0 unspecified atom stereocenters. The molecule has 2 heteroatoms. The molecule has 0 atom stereocenters. The van der Waals surface area contributed by atoms with Crippen molar-refractivity contribution in [2.75, 3.05) is 0 Å². The van der Waals surface area contributed by atoms with E-state index in [0.29, 0.717) is 0 Å². The molecule has 0 aromatic carbocycles. The van der Waals surface area contributed by atoms with Crippen molar-refractivity contribution in [1.29, 1.82) is 0 Å². The third-order valence-corrected chi connectivity index (χ3v) is 1.63. The lowest BCUT2D eigenvalue weighted by molar-refractivity contribution is 0.902. The first-order valence-corrected chi connectivity index (χ1v) is 5.43. The van der Waals surface area contributed by atoms with Crippen molar-refractivity contribution in [3.8, 4) is 0 Å². The minimum atomic E-state index is 1.04. The van der Waals surface area contributed by atoms with Crippen LogP contribution >= 0.6 is 0 Å². The van der Waals surface area contributed by atoms with E-state index in [1.54, 1.807) is 12.4 Å². The lowest BCUT2D eigenvalue weighted by atomic mass is 10.1. The molecular formula is C12H20N2. The van der Waals surface area contributed by atoms with Crippen LogP contribution in [0.4, 0.5) is 0 Å². The van der Waals surface area contributed by atoms with Gasteiger partial charge in [0.25, 0.3) is 0 Å². The summed E-state index contributed by atoms with van der Waals surface area (Å²) in [5, 5.41) is 0. The predicted octanol–water partition coefficient (Wildman–Crippen LogP) is 3.49.